The van der Waals surface area contributed by atoms with Gasteiger partial charge in [0.1, 0.15) is 11.5 Å². The number of rotatable bonds is 11. The summed E-state index contributed by atoms with van der Waals surface area (Å²) >= 11 is 13.5. The summed E-state index contributed by atoms with van der Waals surface area (Å²) in [4.78, 5) is 0. The second kappa shape index (κ2) is 14.7. The predicted molar refractivity (Wildman–Crippen MR) is 204 cm³/mol. The molecule has 0 bridgehead atoms. The van der Waals surface area contributed by atoms with Crippen LogP contribution in [0.1, 0.15) is 78.4 Å². The number of aliphatic hydroxyl groups is 1. The molecule has 5 nitrogen and oxygen atoms in total. The van der Waals surface area contributed by atoms with Crippen LogP contribution in [-0.4, -0.2) is 27.5 Å². The molecule has 0 radical (unpaired) electrons. The maximum Gasteiger partial charge on any atom is 0.119 e. The van der Waals surface area contributed by atoms with E-state index >= 15 is 0 Å². The zero-order chi connectivity index (χ0) is 34.9. The summed E-state index contributed by atoms with van der Waals surface area (Å²) in [7, 11) is 1.97. The van der Waals surface area contributed by atoms with E-state index in [2.05, 4.69) is 69.9 Å². The molecule has 0 saturated carbocycles. The number of nitrogens with zero attached hydrogens (tertiary/aromatic N) is 2. The van der Waals surface area contributed by atoms with Crippen molar-refractivity contribution in [1.29, 1.82) is 0 Å². The van der Waals surface area contributed by atoms with Gasteiger partial charge in [0.05, 0.1) is 23.0 Å². The molecule has 7 heteroatoms. The van der Waals surface area contributed by atoms with Gasteiger partial charge in [0, 0.05) is 46.1 Å². The van der Waals surface area contributed by atoms with Crippen molar-refractivity contribution >= 4 is 45.8 Å². The van der Waals surface area contributed by atoms with Crippen molar-refractivity contribution in [3.63, 3.8) is 0 Å². The minimum absolute atomic E-state index is 0.0674. The van der Waals surface area contributed by atoms with E-state index in [-0.39, 0.29) is 11.8 Å². The van der Waals surface area contributed by atoms with Gasteiger partial charge < -0.3 is 15.2 Å². The number of allylic oxidation sites excluding steroid dienone is 4. The third kappa shape index (κ3) is 7.53. The summed E-state index contributed by atoms with van der Waals surface area (Å²) < 4.78 is 8.19. The zero-order valence-electron chi connectivity index (χ0n) is 29.4. The van der Waals surface area contributed by atoms with Crippen molar-refractivity contribution in [3.8, 4) is 16.9 Å². The smallest absolute Gasteiger partial charge is 0.119 e. The number of ether oxygens (including phenoxy) is 1. The highest BCUT2D eigenvalue weighted by Crippen LogP contribution is 2.45. The van der Waals surface area contributed by atoms with Gasteiger partial charge in [0.15, 0.2) is 0 Å². The van der Waals surface area contributed by atoms with Gasteiger partial charge in [-0.25, -0.2) is 0 Å². The van der Waals surface area contributed by atoms with E-state index in [9.17, 15) is 5.11 Å². The first kappa shape index (κ1) is 35.4. The fourth-order valence-electron chi connectivity index (χ4n) is 6.71. The quantitative estimate of drug-likeness (QED) is 0.122. The van der Waals surface area contributed by atoms with E-state index in [0.29, 0.717) is 17.5 Å². The van der Waals surface area contributed by atoms with Gasteiger partial charge in [-0.1, -0.05) is 67.1 Å². The molecular weight excluding hydrogens is 637 g/mol. The Morgan fingerprint density at radius 1 is 1.08 bits per heavy atom. The number of aryl methyl sites for hydroxylation is 4. The number of nitrogens with one attached hydrogen (secondary N) is 1. The number of anilines is 1. The minimum atomic E-state index is 0.0674. The van der Waals surface area contributed by atoms with E-state index in [4.69, 9.17) is 33.0 Å². The van der Waals surface area contributed by atoms with Crippen molar-refractivity contribution in [1.82, 2.24) is 9.78 Å². The number of halogens is 2. The van der Waals surface area contributed by atoms with Crippen molar-refractivity contribution < 1.29 is 9.84 Å². The van der Waals surface area contributed by atoms with E-state index in [0.717, 1.165) is 91.6 Å². The molecule has 1 atom stereocenters. The number of hydrogen-bond donors (Lipinski definition) is 2. The van der Waals surface area contributed by atoms with Crippen LogP contribution in [0.4, 0.5) is 5.69 Å². The monoisotopic (exact) mass is 683 g/mol. The summed E-state index contributed by atoms with van der Waals surface area (Å²) in [6.45, 7) is 19.0. The first-order valence-corrected chi connectivity index (χ1v) is 17.4. The first-order valence-electron chi connectivity index (χ1n) is 16.7. The highest BCUT2D eigenvalue weighted by molar-refractivity contribution is 6.34. The number of aromatic nitrogens is 2. The van der Waals surface area contributed by atoms with Crippen LogP contribution in [0.3, 0.4) is 0 Å². The molecule has 1 aromatic heterocycles. The SMILES string of the molecule is C=C(O)c1ccc2c(c1)C(/C=C(\CCCOc1cc(C)c(Cl)c(C)c1)c1ccc(Cl)c(-c3c(C)nn(C)c3C)c1NC(C)C)=CC(C)C2. The summed E-state index contributed by atoms with van der Waals surface area (Å²) in [5, 5.41) is 20.2. The van der Waals surface area contributed by atoms with Gasteiger partial charge in [0.2, 0.25) is 0 Å². The van der Waals surface area contributed by atoms with Gasteiger partial charge in [-0.2, -0.15) is 5.10 Å². The molecule has 0 saturated heterocycles. The van der Waals surface area contributed by atoms with Crippen LogP contribution in [0.2, 0.25) is 10.0 Å². The van der Waals surface area contributed by atoms with Crippen LogP contribution < -0.4 is 10.1 Å². The molecule has 2 N–H and O–H groups in total. The minimum Gasteiger partial charge on any atom is -0.508 e. The average Bonchev–Trinajstić information content (AvgIpc) is 3.27. The van der Waals surface area contributed by atoms with Crippen LogP contribution in [0.5, 0.6) is 5.75 Å². The van der Waals surface area contributed by atoms with Crippen LogP contribution in [0, 0.1) is 33.6 Å². The maximum absolute atomic E-state index is 10.3. The van der Waals surface area contributed by atoms with Crippen molar-refractivity contribution in [2.75, 3.05) is 11.9 Å². The van der Waals surface area contributed by atoms with Gasteiger partial charge in [-0.3, -0.25) is 4.68 Å². The summed E-state index contributed by atoms with van der Waals surface area (Å²) in [5.74, 6) is 1.26. The van der Waals surface area contributed by atoms with Crippen LogP contribution >= 0.6 is 23.2 Å². The van der Waals surface area contributed by atoms with E-state index in [1.54, 1.807) is 0 Å². The second-order valence-electron chi connectivity index (χ2n) is 13.4. The van der Waals surface area contributed by atoms with Gasteiger partial charge >= 0.3 is 0 Å². The standard InChI is InChI=1S/C41H47Cl2N3O2/c1-23(2)44-41-35(14-15-37(42)39(41)38-27(6)45-46(9)28(38)7)31(11-10-16-48-34-19-25(4)40(43)26(5)20-34)21-33-18-24(3)17-32-13-12-30(29(8)47)22-36(32)33/h12-15,18-24,44,47H,8,10-11,16-17H2,1-7,9H3/b31-21+. The lowest BCUT2D eigenvalue weighted by molar-refractivity contribution is 0.312. The molecule has 252 valence electrons. The highest BCUT2D eigenvalue weighted by Gasteiger charge is 2.24. The number of hydrogen-bond acceptors (Lipinski definition) is 4. The summed E-state index contributed by atoms with van der Waals surface area (Å²) in [6.07, 6.45) is 7.15. The molecule has 3 aromatic carbocycles. The lowest BCUT2D eigenvalue weighted by Gasteiger charge is -2.25. The molecule has 1 heterocycles. The Kier molecular flexibility index (Phi) is 10.8. The maximum atomic E-state index is 10.3. The van der Waals surface area contributed by atoms with E-state index < -0.39 is 0 Å². The third-order valence-electron chi connectivity index (χ3n) is 9.05. The van der Waals surface area contributed by atoms with Crippen LogP contribution in [-0.2, 0) is 13.5 Å². The van der Waals surface area contributed by atoms with E-state index in [1.165, 1.54) is 11.1 Å². The Hall–Kier alpha value is -3.93. The normalized spacial score (nSPS) is 14.6. The summed E-state index contributed by atoms with van der Waals surface area (Å²) in [6, 6.07) is 14.4. The molecule has 1 unspecified atom stereocenters. The highest BCUT2D eigenvalue weighted by atomic mass is 35.5. The molecule has 0 fully saturated rings. The fourth-order valence-corrected chi connectivity index (χ4v) is 7.07. The number of benzene rings is 3. The molecular formula is C41H47Cl2N3O2. The summed E-state index contributed by atoms with van der Waals surface area (Å²) in [5.41, 5.74) is 13.5. The molecule has 1 aliphatic rings. The Bertz CT molecular complexity index is 1910. The van der Waals surface area contributed by atoms with Gasteiger partial charge in [-0.15, -0.1) is 0 Å². The topological polar surface area (TPSA) is 59.3 Å². The van der Waals surface area contributed by atoms with Crippen LogP contribution in [0.25, 0.3) is 28.0 Å². The van der Waals surface area contributed by atoms with E-state index in [1.807, 2.05) is 56.8 Å². The first-order chi connectivity index (χ1) is 22.7. The molecule has 48 heavy (non-hydrogen) atoms. The molecule has 0 spiro atoms. The Balaban J connectivity index is 1.64. The number of fused-ring (bicyclic) bond motifs is 1. The molecule has 4 aromatic rings. The van der Waals surface area contributed by atoms with Gasteiger partial charge in [0.25, 0.3) is 0 Å². The van der Waals surface area contributed by atoms with Crippen molar-refractivity contribution in [3.05, 3.63) is 116 Å². The Morgan fingerprint density at radius 3 is 2.42 bits per heavy atom. The Morgan fingerprint density at radius 2 is 1.79 bits per heavy atom. The van der Waals surface area contributed by atoms with Crippen molar-refractivity contribution in [2.24, 2.45) is 13.0 Å². The molecule has 0 amide bonds. The van der Waals surface area contributed by atoms with Gasteiger partial charge in [-0.05, 0) is 124 Å². The number of aliphatic hydroxyl groups excluding tert-OH is 1. The second-order valence-corrected chi connectivity index (χ2v) is 14.2. The third-order valence-corrected chi connectivity index (χ3v) is 9.96. The lowest BCUT2D eigenvalue weighted by Crippen LogP contribution is -2.13. The molecule has 5 rings (SSSR count). The van der Waals surface area contributed by atoms with Crippen molar-refractivity contribution in [2.45, 2.75) is 73.8 Å². The lowest BCUT2D eigenvalue weighted by atomic mass is 9.82. The van der Waals surface area contributed by atoms with Crippen LogP contribution in [0.15, 0.2) is 61.2 Å². The average molecular weight is 685 g/mol. The molecule has 1 aliphatic carbocycles. The predicted octanol–water partition coefficient (Wildman–Crippen LogP) is 11.5. The zero-order valence-corrected chi connectivity index (χ0v) is 30.9. The Labute approximate surface area is 295 Å². The molecule has 0 aliphatic heterocycles. The largest absolute Gasteiger partial charge is 0.508 e. The fraction of sp³-hybridized carbons (Fsp3) is 0.341.